The SMILES string of the molecule is CCCc1ccc(C(O)C(CC)NCCO)cc1. The van der Waals surface area contributed by atoms with Gasteiger partial charge in [0.25, 0.3) is 0 Å². The molecule has 3 heteroatoms. The molecule has 0 spiro atoms. The van der Waals surface area contributed by atoms with Crippen molar-refractivity contribution in [3.05, 3.63) is 35.4 Å². The normalized spacial score (nSPS) is 14.4. The zero-order valence-electron chi connectivity index (χ0n) is 11.4. The second-order valence-corrected chi connectivity index (χ2v) is 4.63. The third-order valence-corrected chi connectivity index (χ3v) is 3.20. The monoisotopic (exact) mass is 251 g/mol. The van der Waals surface area contributed by atoms with E-state index < -0.39 is 6.10 Å². The third kappa shape index (κ3) is 4.41. The van der Waals surface area contributed by atoms with Crippen molar-refractivity contribution in [1.82, 2.24) is 5.32 Å². The minimum Gasteiger partial charge on any atom is -0.395 e. The second-order valence-electron chi connectivity index (χ2n) is 4.63. The van der Waals surface area contributed by atoms with E-state index in [1.54, 1.807) is 0 Å². The molecule has 3 N–H and O–H groups in total. The maximum Gasteiger partial charge on any atom is 0.0942 e. The predicted molar refractivity (Wildman–Crippen MR) is 74.6 cm³/mol. The standard InChI is InChI=1S/C15H25NO2/c1-3-5-12-6-8-13(9-7-12)15(18)14(4-2)16-10-11-17/h6-9,14-18H,3-5,10-11H2,1-2H3. The van der Waals surface area contributed by atoms with Crippen LogP contribution in [0.3, 0.4) is 0 Å². The lowest BCUT2D eigenvalue weighted by Crippen LogP contribution is -2.36. The molecule has 3 nitrogen and oxygen atoms in total. The molecule has 2 atom stereocenters. The summed E-state index contributed by atoms with van der Waals surface area (Å²) in [6, 6.07) is 8.16. The van der Waals surface area contributed by atoms with E-state index in [9.17, 15) is 5.11 Å². The number of nitrogens with one attached hydrogen (secondary N) is 1. The van der Waals surface area contributed by atoms with Gasteiger partial charge in [0.15, 0.2) is 0 Å². The molecule has 1 aromatic carbocycles. The van der Waals surface area contributed by atoms with E-state index in [-0.39, 0.29) is 12.6 Å². The number of rotatable bonds is 8. The van der Waals surface area contributed by atoms with Gasteiger partial charge in [-0.2, -0.15) is 0 Å². The lowest BCUT2D eigenvalue weighted by molar-refractivity contribution is 0.122. The van der Waals surface area contributed by atoms with Crippen LogP contribution >= 0.6 is 0 Å². The number of benzene rings is 1. The molecule has 0 bridgehead atoms. The molecule has 0 aromatic heterocycles. The Morgan fingerprint density at radius 1 is 1.17 bits per heavy atom. The van der Waals surface area contributed by atoms with Gasteiger partial charge in [-0.15, -0.1) is 0 Å². The van der Waals surface area contributed by atoms with E-state index in [0.29, 0.717) is 6.54 Å². The zero-order valence-corrected chi connectivity index (χ0v) is 11.4. The number of aryl methyl sites for hydroxylation is 1. The summed E-state index contributed by atoms with van der Waals surface area (Å²) in [6.45, 7) is 4.81. The molecule has 18 heavy (non-hydrogen) atoms. The van der Waals surface area contributed by atoms with Gasteiger partial charge in [0.05, 0.1) is 12.7 Å². The Bertz CT molecular complexity index is 324. The summed E-state index contributed by atoms with van der Waals surface area (Å²) in [6.07, 6.45) is 2.53. The molecule has 0 saturated heterocycles. The van der Waals surface area contributed by atoms with Gasteiger partial charge < -0.3 is 15.5 Å². The topological polar surface area (TPSA) is 52.5 Å². The summed E-state index contributed by atoms with van der Waals surface area (Å²) < 4.78 is 0. The first-order chi connectivity index (χ1) is 8.72. The highest BCUT2D eigenvalue weighted by atomic mass is 16.3. The van der Waals surface area contributed by atoms with E-state index in [0.717, 1.165) is 24.8 Å². The summed E-state index contributed by atoms with van der Waals surface area (Å²) in [4.78, 5) is 0. The van der Waals surface area contributed by atoms with Gasteiger partial charge in [-0.25, -0.2) is 0 Å². The number of aliphatic hydroxyl groups is 2. The smallest absolute Gasteiger partial charge is 0.0942 e. The fraction of sp³-hybridized carbons (Fsp3) is 0.600. The van der Waals surface area contributed by atoms with Crippen LogP contribution in [-0.4, -0.2) is 29.4 Å². The largest absolute Gasteiger partial charge is 0.395 e. The molecule has 1 rings (SSSR count). The summed E-state index contributed by atoms with van der Waals surface area (Å²) >= 11 is 0. The molecule has 0 saturated carbocycles. The Balaban J connectivity index is 2.65. The number of aliphatic hydroxyl groups excluding tert-OH is 2. The number of hydrogen-bond donors (Lipinski definition) is 3. The minimum absolute atomic E-state index is 0.00539. The molecule has 0 radical (unpaired) electrons. The van der Waals surface area contributed by atoms with Gasteiger partial charge in [-0.1, -0.05) is 44.5 Å². The highest BCUT2D eigenvalue weighted by Crippen LogP contribution is 2.19. The molecular weight excluding hydrogens is 226 g/mol. The van der Waals surface area contributed by atoms with Crippen molar-refractivity contribution in [2.75, 3.05) is 13.2 Å². The van der Waals surface area contributed by atoms with Crippen molar-refractivity contribution in [3.63, 3.8) is 0 Å². The Morgan fingerprint density at radius 2 is 1.83 bits per heavy atom. The van der Waals surface area contributed by atoms with Crippen LogP contribution in [-0.2, 0) is 6.42 Å². The molecule has 0 aliphatic rings. The van der Waals surface area contributed by atoms with Crippen molar-refractivity contribution in [2.24, 2.45) is 0 Å². The Labute approximate surface area is 110 Å². The average Bonchev–Trinajstić information content (AvgIpc) is 2.40. The van der Waals surface area contributed by atoms with Gasteiger partial charge in [-0.3, -0.25) is 0 Å². The first-order valence-electron chi connectivity index (χ1n) is 6.84. The van der Waals surface area contributed by atoms with Crippen LogP contribution in [0.5, 0.6) is 0 Å². The van der Waals surface area contributed by atoms with Crippen LogP contribution in [0, 0.1) is 0 Å². The Hall–Kier alpha value is -0.900. The summed E-state index contributed by atoms with van der Waals surface area (Å²) in [5.74, 6) is 0. The van der Waals surface area contributed by atoms with Crippen molar-refractivity contribution in [2.45, 2.75) is 45.3 Å². The molecule has 0 aliphatic carbocycles. The highest BCUT2D eigenvalue weighted by molar-refractivity contribution is 5.25. The molecular formula is C15H25NO2. The first-order valence-corrected chi connectivity index (χ1v) is 6.84. The lowest BCUT2D eigenvalue weighted by Gasteiger charge is -2.23. The molecule has 0 fully saturated rings. The van der Waals surface area contributed by atoms with Crippen LogP contribution in [0.2, 0.25) is 0 Å². The quantitative estimate of drug-likeness (QED) is 0.662. The fourth-order valence-electron chi connectivity index (χ4n) is 2.13. The van der Waals surface area contributed by atoms with Gasteiger partial charge in [0.1, 0.15) is 0 Å². The van der Waals surface area contributed by atoms with Crippen molar-refractivity contribution in [1.29, 1.82) is 0 Å². The fourth-order valence-corrected chi connectivity index (χ4v) is 2.13. The minimum atomic E-state index is -0.516. The third-order valence-electron chi connectivity index (χ3n) is 3.20. The van der Waals surface area contributed by atoms with Crippen LogP contribution in [0.4, 0.5) is 0 Å². The maximum atomic E-state index is 10.3. The Morgan fingerprint density at radius 3 is 2.33 bits per heavy atom. The van der Waals surface area contributed by atoms with Gasteiger partial charge in [-0.05, 0) is 24.0 Å². The molecule has 102 valence electrons. The van der Waals surface area contributed by atoms with E-state index in [1.165, 1.54) is 5.56 Å². The van der Waals surface area contributed by atoms with Crippen molar-refractivity contribution in [3.8, 4) is 0 Å². The highest BCUT2D eigenvalue weighted by Gasteiger charge is 2.18. The van der Waals surface area contributed by atoms with Crippen LogP contribution < -0.4 is 5.32 Å². The molecule has 0 amide bonds. The first kappa shape index (κ1) is 15.2. The van der Waals surface area contributed by atoms with E-state index in [2.05, 4.69) is 24.4 Å². The summed E-state index contributed by atoms with van der Waals surface area (Å²) in [5.41, 5.74) is 2.25. The predicted octanol–water partition coefficient (Wildman–Crippen LogP) is 2.03. The van der Waals surface area contributed by atoms with E-state index in [4.69, 9.17) is 5.11 Å². The van der Waals surface area contributed by atoms with Gasteiger partial charge in [0.2, 0.25) is 0 Å². The average molecular weight is 251 g/mol. The number of hydrogen-bond acceptors (Lipinski definition) is 3. The molecule has 2 unspecified atom stereocenters. The Kier molecular flexibility index (Phi) is 6.94. The maximum absolute atomic E-state index is 10.3. The van der Waals surface area contributed by atoms with Crippen molar-refractivity contribution >= 4 is 0 Å². The van der Waals surface area contributed by atoms with Crippen LogP contribution in [0.25, 0.3) is 0 Å². The zero-order chi connectivity index (χ0) is 13.4. The second kappa shape index (κ2) is 8.25. The summed E-state index contributed by atoms with van der Waals surface area (Å²) in [7, 11) is 0. The molecule has 0 aliphatic heterocycles. The van der Waals surface area contributed by atoms with Gasteiger partial charge in [0, 0.05) is 12.6 Å². The molecule has 0 heterocycles. The van der Waals surface area contributed by atoms with Crippen LogP contribution in [0.15, 0.2) is 24.3 Å². The summed E-state index contributed by atoms with van der Waals surface area (Å²) in [5, 5.41) is 22.3. The van der Waals surface area contributed by atoms with Crippen molar-refractivity contribution < 1.29 is 10.2 Å². The van der Waals surface area contributed by atoms with E-state index >= 15 is 0 Å². The van der Waals surface area contributed by atoms with E-state index in [1.807, 2.05) is 19.1 Å². The van der Waals surface area contributed by atoms with Crippen LogP contribution in [0.1, 0.15) is 43.9 Å². The lowest BCUT2D eigenvalue weighted by atomic mass is 9.98. The molecule has 1 aromatic rings. The van der Waals surface area contributed by atoms with Gasteiger partial charge >= 0.3 is 0 Å².